The normalized spacial score (nSPS) is 10.5. The highest BCUT2D eigenvalue weighted by Crippen LogP contribution is 2.24. The van der Waals surface area contributed by atoms with E-state index < -0.39 is 0 Å². The second-order valence-electron chi connectivity index (χ2n) is 4.49. The van der Waals surface area contributed by atoms with Gasteiger partial charge in [0.2, 0.25) is 0 Å². The molecule has 6 heteroatoms. The molecule has 0 aliphatic rings. The fraction of sp³-hybridized carbons (Fsp3) is 0. The zero-order valence-corrected chi connectivity index (χ0v) is 15.0. The van der Waals surface area contributed by atoms with Gasteiger partial charge in [-0.15, -0.1) is 0 Å². The third-order valence-corrected chi connectivity index (χ3v) is 4.09. The number of rotatable bonds is 3. The number of anilines is 1. The first-order valence-corrected chi connectivity index (χ1v) is 8.28. The largest absolute Gasteiger partial charge is 0.451 e. The maximum absolute atomic E-state index is 12.1. The molecule has 0 fully saturated rings. The standard InChI is InChI=1S/C16H10BrIN2O2/c17-11-3-1-10(2-4-11)13-6-7-14(22-13)16(21)20-15-8-5-12(18)9-19-15/h1-9H,(H,19,20,21). The summed E-state index contributed by atoms with van der Waals surface area (Å²) in [4.78, 5) is 16.3. The molecule has 2 heterocycles. The van der Waals surface area contributed by atoms with Crippen molar-refractivity contribution in [2.24, 2.45) is 0 Å². The van der Waals surface area contributed by atoms with Gasteiger partial charge in [0, 0.05) is 19.8 Å². The molecule has 4 nitrogen and oxygen atoms in total. The summed E-state index contributed by atoms with van der Waals surface area (Å²) in [5.41, 5.74) is 0.912. The van der Waals surface area contributed by atoms with Crippen molar-refractivity contribution in [2.75, 3.05) is 5.32 Å². The van der Waals surface area contributed by atoms with E-state index >= 15 is 0 Å². The summed E-state index contributed by atoms with van der Waals surface area (Å²) in [6.07, 6.45) is 1.69. The van der Waals surface area contributed by atoms with Gasteiger partial charge in [-0.1, -0.05) is 28.1 Å². The first-order chi connectivity index (χ1) is 10.6. The average molecular weight is 469 g/mol. The van der Waals surface area contributed by atoms with Gasteiger partial charge in [0.1, 0.15) is 11.6 Å². The van der Waals surface area contributed by atoms with Crippen molar-refractivity contribution in [3.05, 3.63) is 68.5 Å². The SMILES string of the molecule is O=C(Nc1ccc(I)cn1)c1ccc(-c2ccc(Br)cc2)o1. The van der Waals surface area contributed by atoms with Crippen molar-refractivity contribution >= 4 is 50.2 Å². The van der Waals surface area contributed by atoms with Crippen molar-refractivity contribution in [1.29, 1.82) is 0 Å². The number of pyridine rings is 1. The van der Waals surface area contributed by atoms with Crippen LogP contribution in [0.25, 0.3) is 11.3 Å². The Balaban J connectivity index is 1.76. The van der Waals surface area contributed by atoms with E-state index in [9.17, 15) is 4.79 Å². The third kappa shape index (κ3) is 3.56. The lowest BCUT2D eigenvalue weighted by molar-refractivity contribution is 0.0997. The van der Waals surface area contributed by atoms with E-state index in [1.54, 1.807) is 24.4 Å². The Bertz CT molecular complexity index is 798. The topological polar surface area (TPSA) is 55.1 Å². The van der Waals surface area contributed by atoms with E-state index in [0.29, 0.717) is 11.6 Å². The minimum atomic E-state index is -0.322. The number of carbonyl (C=O) groups excluding carboxylic acids is 1. The number of amides is 1. The Hall–Kier alpha value is -1.67. The number of nitrogens with zero attached hydrogens (tertiary/aromatic N) is 1. The predicted molar refractivity (Wildman–Crippen MR) is 96.8 cm³/mol. The number of furan rings is 1. The van der Waals surface area contributed by atoms with E-state index in [0.717, 1.165) is 13.6 Å². The first-order valence-electron chi connectivity index (χ1n) is 6.40. The number of benzene rings is 1. The van der Waals surface area contributed by atoms with Crippen LogP contribution in [0.1, 0.15) is 10.6 Å². The molecule has 3 rings (SSSR count). The molecular formula is C16H10BrIN2O2. The molecular weight excluding hydrogens is 459 g/mol. The van der Waals surface area contributed by atoms with Crippen LogP contribution in [0.3, 0.4) is 0 Å². The molecule has 0 aliphatic carbocycles. The van der Waals surface area contributed by atoms with Crippen molar-refractivity contribution in [1.82, 2.24) is 4.98 Å². The maximum atomic E-state index is 12.1. The van der Waals surface area contributed by atoms with Gasteiger partial charge in [-0.3, -0.25) is 4.79 Å². The molecule has 2 aromatic heterocycles. The van der Waals surface area contributed by atoms with Crippen molar-refractivity contribution < 1.29 is 9.21 Å². The van der Waals surface area contributed by atoms with Gasteiger partial charge in [0.15, 0.2) is 5.76 Å². The molecule has 0 saturated carbocycles. The molecule has 0 bridgehead atoms. The summed E-state index contributed by atoms with van der Waals surface area (Å²) in [6.45, 7) is 0. The number of hydrogen-bond acceptors (Lipinski definition) is 3. The number of halogens is 2. The number of hydrogen-bond donors (Lipinski definition) is 1. The van der Waals surface area contributed by atoms with Crippen LogP contribution in [0.15, 0.2) is 63.6 Å². The van der Waals surface area contributed by atoms with E-state index in [1.165, 1.54) is 0 Å². The molecule has 1 amide bonds. The summed E-state index contributed by atoms with van der Waals surface area (Å²) >= 11 is 5.54. The lowest BCUT2D eigenvalue weighted by Gasteiger charge is -2.02. The van der Waals surface area contributed by atoms with Crippen LogP contribution in [0.4, 0.5) is 5.82 Å². The number of nitrogens with one attached hydrogen (secondary N) is 1. The summed E-state index contributed by atoms with van der Waals surface area (Å²) in [6, 6.07) is 14.7. The molecule has 0 unspecified atom stereocenters. The highest BCUT2D eigenvalue weighted by molar-refractivity contribution is 14.1. The van der Waals surface area contributed by atoms with Gasteiger partial charge in [0.25, 0.3) is 5.91 Å². The molecule has 0 spiro atoms. The average Bonchev–Trinajstić information content (AvgIpc) is 3.00. The lowest BCUT2D eigenvalue weighted by Crippen LogP contribution is -2.11. The minimum absolute atomic E-state index is 0.248. The fourth-order valence-corrected chi connectivity index (χ4v) is 2.44. The van der Waals surface area contributed by atoms with Crippen LogP contribution in [0.5, 0.6) is 0 Å². The van der Waals surface area contributed by atoms with Crippen LogP contribution in [-0.4, -0.2) is 10.9 Å². The number of carbonyl (C=O) groups is 1. The summed E-state index contributed by atoms with van der Waals surface area (Å²) in [5, 5.41) is 2.70. The van der Waals surface area contributed by atoms with Gasteiger partial charge in [-0.2, -0.15) is 0 Å². The highest BCUT2D eigenvalue weighted by Gasteiger charge is 2.13. The fourth-order valence-electron chi connectivity index (χ4n) is 1.86. The summed E-state index contributed by atoms with van der Waals surface area (Å²) in [5.74, 6) is 1.07. The zero-order valence-electron chi connectivity index (χ0n) is 11.2. The van der Waals surface area contributed by atoms with Gasteiger partial charge < -0.3 is 9.73 Å². The molecule has 110 valence electrons. The van der Waals surface area contributed by atoms with Crippen LogP contribution < -0.4 is 5.32 Å². The Morgan fingerprint density at radius 1 is 1.09 bits per heavy atom. The van der Waals surface area contributed by atoms with Crippen molar-refractivity contribution in [3.8, 4) is 11.3 Å². The molecule has 22 heavy (non-hydrogen) atoms. The van der Waals surface area contributed by atoms with Crippen LogP contribution in [-0.2, 0) is 0 Å². The Morgan fingerprint density at radius 2 is 1.86 bits per heavy atom. The van der Waals surface area contributed by atoms with Crippen LogP contribution >= 0.6 is 38.5 Å². The van der Waals surface area contributed by atoms with Gasteiger partial charge >= 0.3 is 0 Å². The van der Waals surface area contributed by atoms with E-state index in [-0.39, 0.29) is 11.7 Å². The molecule has 0 saturated heterocycles. The van der Waals surface area contributed by atoms with Gasteiger partial charge in [-0.25, -0.2) is 4.98 Å². The molecule has 3 aromatic rings. The second kappa shape index (κ2) is 6.62. The maximum Gasteiger partial charge on any atom is 0.292 e. The third-order valence-electron chi connectivity index (χ3n) is 2.93. The summed E-state index contributed by atoms with van der Waals surface area (Å²) < 4.78 is 7.61. The molecule has 1 N–H and O–H groups in total. The van der Waals surface area contributed by atoms with Gasteiger partial charge in [-0.05, 0) is 59.0 Å². The molecule has 0 atom stereocenters. The van der Waals surface area contributed by atoms with E-state index in [2.05, 4.69) is 48.8 Å². The van der Waals surface area contributed by atoms with Crippen LogP contribution in [0, 0.1) is 3.57 Å². The Morgan fingerprint density at radius 3 is 2.55 bits per heavy atom. The molecule has 0 aliphatic heterocycles. The highest BCUT2D eigenvalue weighted by atomic mass is 127. The minimum Gasteiger partial charge on any atom is -0.451 e. The predicted octanol–water partition coefficient (Wildman–Crippen LogP) is 4.96. The monoisotopic (exact) mass is 468 g/mol. The van der Waals surface area contributed by atoms with E-state index in [4.69, 9.17) is 4.42 Å². The van der Waals surface area contributed by atoms with Crippen molar-refractivity contribution in [3.63, 3.8) is 0 Å². The lowest BCUT2D eigenvalue weighted by atomic mass is 10.2. The first kappa shape index (κ1) is 15.2. The molecule has 0 radical (unpaired) electrons. The summed E-state index contributed by atoms with van der Waals surface area (Å²) in [7, 11) is 0. The smallest absolute Gasteiger partial charge is 0.292 e. The van der Waals surface area contributed by atoms with Crippen LogP contribution in [0.2, 0.25) is 0 Å². The van der Waals surface area contributed by atoms with Crippen molar-refractivity contribution in [2.45, 2.75) is 0 Å². The second-order valence-corrected chi connectivity index (χ2v) is 6.65. The zero-order chi connectivity index (χ0) is 15.5. The molecule has 1 aromatic carbocycles. The number of aromatic nitrogens is 1. The van der Waals surface area contributed by atoms with Gasteiger partial charge in [0.05, 0.1) is 0 Å². The Labute approximate surface area is 149 Å². The quantitative estimate of drug-likeness (QED) is 0.552. The Kier molecular flexibility index (Phi) is 4.58. The van der Waals surface area contributed by atoms with E-state index in [1.807, 2.05) is 30.3 Å².